The van der Waals surface area contributed by atoms with E-state index in [1.807, 2.05) is 12.1 Å². The SMILES string of the molecule is C[C@]1(C(=O)O)CCc2ccc(Cl)cc21. The Bertz CT molecular complexity index is 400. The zero-order chi connectivity index (χ0) is 10.3. The zero-order valence-corrected chi connectivity index (χ0v) is 8.64. The predicted octanol–water partition coefficient (Wildman–Crippen LogP) is 2.63. The van der Waals surface area contributed by atoms with Crippen molar-refractivity contribution in [3.63, 3.8) is 0 Å². The Balaban J connectivity index is 2.58. The van der Waals surface area contributed by atoms with Crippen LogP contribution in [0.2, 0.25) is 5.02 Å². The van der Waals surface area contributed by atoms with Crippen LogP contribution in [-0.4, -0.2) is 11.1 Å². The van der Waals surface area contributed by atoms with Crippen molar-refractivity contribution in [2.45, 2.75) is 25.2 Å². The van der Waals surface area contributed by atoms with E-state index in [2.05, 4.69) is 0 Å². The van der Waals surface area contributed by atoms with E-state index in [0.717, 1.165) is 17.5 Å². The molecule has 0 unspecified atom stereocenters. The van der Waals surface area contributed by atoms with Gasteiger partial charge in [0.25, 0.3) is 0 Å². The molecule has 0 fully saturated rings. The van der Waals surface area contributed by atoms with Gasteiger partial charge in [0.1, 0.15) is 0 Å². The molecule has 1 N–H and O–H groups in total. The van der Waals surface area contributed by atoms with E-state index >= 15 is 0 Å². The molecule has 0 heterocycles. The van der Waals surface area contributed by atoms with Crippen molar-refractivity contribution in [3.05, 3.63) is 34.3 Å². The summed E-state index contributed by atoms with van der Waals surface area (Å²) in [5.74, 6) is -0.765. The predicted molar refractivity (Wildman–Crippen MR) is 54.8 cm³/mol. The fourth-order valence-corrected chi connectivity index (χ4v) is 2.19. The van der Waals surface area contributed by atoms with E-state index in [-0.39, 0.29) is 0 Å². The first kappa shape index (κ1) is 9.53. The molecule has 1 aromatic carbocycles. The van der Waals surface area contributed by atoms with Crippen LogP contribution in [0.25, 0.3) is 0 Å². The molecule has 14 heavy (non-hydrogen) atoms. The molecule has 1 atom stereocenters. The Morgan fingerprint density at radius 3 is 2.93 bits per heavy atom. The van der Waals surface area contributed by atoms with Crippen molar-refractivity contribution in [1.82, 2.24) is 0 Å². The Kier molecular flexibility index (Phi) is 2.04. The highest BCUT2D eigenvalue weighted by molar-refractivity contribution is 6.30. The van der Waals surface area contributed by atoms with Crippen molar-refractivity contribution in [2.24, 2.45) is 0 Å². The average Bonchev–Trinajstić information content (AvgIpc) is 2.46. The van der Waals surface area contributed by atoms with Crippen molar-refractivity contribution >= 4 is 17.6 Å². The van der Waals surface area contributed by atoms with E-state index in [9.17, 15) is 4.79 Å². The van der Waals surface area contributed by atoms with E-state index in [1.165, 1.54) is 0 Å². The van der Waals surface area contributed by atoms with E-state index in [0.29, 0.717) is 11.4 Å². The molecule has 0 amide bonds. The summed E-state index contributed by atoms with van der Waals surface area (Å²) < 4.78 is 0. The molecule has 2 rings (SSSR count). The van der Waals surface area contributed by atoms with Crippen molar-refractivity contribution in [3.8, 4) is 0 Å². The topological polar surface area (TPSA) is 37.3 Å². The quantitative estimate of drug-likeness (QED) is 0.774. The minimum absolute atomic E-state index is 0.609. The van der Waals surface area contributed by atoms with Crippen molar-refractivity contribution in [1.29, 1.82) is 0 Å². The molecule has 0 bridgehead atoms. The van der Waals surface area contributed by atoms with Gasteiger partial charge >= 0.3 is 5.97 Å². The highest BCUT2D eigenvalue weighted by atomic mass is 35.5. The van der Waals surface area contributed by atoms with E-state index in [1.54, 1.807) is 13.0 Å². The Morgan fingerprint density at radius 2 is 2.29 bits per heavy atom. The highest BCUT2D eigenvalue weighted by Gasteiger charge is 2.41. The maximum atomic E-state index is 11.2. The second-order valence-electron chi connectivity index (χ2n) is 3.94. The lowest BCUT2D eigenvalue weighted by Gasteiger charge is -2.19. The van der Waals surface area contributed by atoms with Crippen LogP contribution in [0.4, 0.5) is 0 Å². The molecule has 0 aromatic heterocycles. The number of carbonyl (C=O) groups is 1. The first-order chi connectivity index (χ1) is 6.54. The molecule has 1 aromatic rings. The van der Waals surface area contributed by atoms with Gasteiger partial charge in [-0.3, -0.25) is 4.79 Å². The van der Waals surface area contributed by atoms with Crippen molar-refractivity contribution < 1.29 is 9.90 Å². The first-order valence-corrected chi connectivity index (χ1v) is 4.94. The second-order valence-corrected chi connectivity index (χ2v) is 4.38. The molecule has 0 aliphatic heterocycles. The van der Waals surface area contributed by atoms with Crippen molar-refractivity contribution in [2.75, 3.05) is 0 Å². The molecule has 1 aliphatic carbocycles. The molecular formula is C11H11ClO2. The van der Waals surface area contributed by atoms with Crippen LogP contribution in [-0.2, 0) is 16.6 Å². The lowest BCUT2D eigenvalue weighted by molar-refractivity contribution is -0.143. The third kappa shape index (κ3) is 1.22. The van der Waals surface area contributed by atoms with Crippen LogP contribution < -0.4 is 0 Å². The Hall–Kier alpha value is -1.02. The number of carboxylic acids is 1. The van der Waals surface area contributed by atoms with Gasteiger partial charge in [-0.15, -0.1) is 0 Å². The molecule has 0 saturated carbocycles. The van der Waals surface area contributed by atoms with Crippen LogP contribution >= 0.6 is 11.6 Å². The summed E-state index contributed by atoms with van der Waals surface area (Å²) in [6, 6.07) is 5.51. The third-order valence-corrected chi connectivity index (χ3v) is 3.27. The fraction of sp³-hybridized carbons (Fsp3) is 0.364. The number of hydrogen-bond donors (Lipinski definition) is 1. The summed E-state index contributed by atoms with van der Waals surface area (Å²) in [5, 5.41) is 9.78. The van der Waals surface area contributed by atoms with Gasteiger partial charge in [0.2, 0.25) is 0 Å². The monoisotopic (exact) mass is 210 g/mol. The second kappa shape index (κ2) is 2.99. The van der Waals surface area contributed by atoms with Gasteiger partial charge in [0.05, 0.1) is 5.41 Å². The van der Waals surface area contributed by atoms with Crippen LogP contribution in [0.5, 0.6) is 0 Å². The Labute approximate surface area is 87.5 Å². The third-order valence-electron chi connectivity index (χ3n) is 3.03. The summed E-state index contributed by atoms with van der Waals surface area (Å²) in [7, 11) is 0. The number of rotatable bonds is 1. The van der Waals surface area contributed by atoms with E-state index < -0.39 is 11.4 Å². The number of benzene rings is 1. The average molecular weight is 211 g/mol. The van der Waals surface area contributed by atoms with Gasteiger partial charge in [-0.1, -0.05) is 17.7 Å². The molecule has 74 valence electrons. The summed E-state index contributed by atoms with van der Waals surface area (Å²) in [4.78, 5) is 11.2. The standard InChI is InChI=1S/C11H11ClO2/c1-11(10(13)14)5-4-7-2-3-8(12)6-9(7)11/h2-3,6H,4-5H2,1H3,(H,13,14)/t11-/m0/s1. The summed E-state index contributed by atoms with van der Waals surface area (Å²) >= 11 is 5.86. The van der Waals surface area contributed by atoms with Gasteiger partial charge < -0.3 is 5.11 Å². The van der Waals surface area contributed by atoms with Crippen LogP contribution in [0.3, 0.4) is 0 Å². The maximum Gasteiger partial charge on any atom is 0.313 e. The summed E-state index contributed by atoms with van der Waals surface area (Å²) in [6.45, 7) is 1.76. The van der Waals surface area contributed by atoms with Gasteiger partial charge in [0, 0.05) is 5.02 Å². The van der Waals surface area contributed by atoms with Gasteiger partial charge in [-0.2, -0.15) is 0 Å². The number of hydrogen-bond acceptors (Lipinski definition) is 1. The van der Waals surface area contributed by atoms with Crippen LogP contribution in [0.15, 0.2) is 18.2 Å². The van der Waals surface area contributed by atoms with Gasteiger partial charge in [0.15, 0.2) is 0 Å². The van der Waals surface area contributed by atoms with Crippen LogP contribution in [0.1, 0.15) is 24.5 Å². The largest absolute Gasteiger partial charge is 0.481 e. The summed E-state index contributed by atoms with van der Waals surface area (Å²) in [6.07, 6.45) is 1.49. The number of fused-ring (bicyclic) bond motifs is 1. The summed E-state index contributed by atoms with van der Waals surface area (Å²) in [5.41, 5.74) is 1.23. The molecule has 0 radical (unpaired) electrons. The fourth-order valence-electron chi connectivity index (χ4n) is 2.02. The van der Waals surface area contributed by atoms with Gasteiger partial charge in [-0.05, 0) is 43.0 Å². The number of aliphatic carboxylic acids is 1. The number of carboxylic acid groups (broad SMARTS) is 1. The first-order valence-electron chi connectivity index (χ1n) is 4.56. The number of aryl methyl sites for hydroxylation is 1. The highest BCUT2D eigenvalue weighted by Crippen LogP contribution is 2.39. The molecule has 0 saturated heterocycles. The minimum atomic E-state index is -0.765. The molecular weight excluding hydrogens is 200 g/mol. The molecule has 2 nitrogen and oxygen atoms in total. The number of halogens is 1. The molecule has 3 heteroatoms. The lowest BCUT2D eigenvalue weighted by atomic mass is 9.84. The maximum absolute atomic E-state index is 11.2. The molecule has 1 aliphatic rings. The minimum Gasteiger partial charge on any atom is -0.481 e. The Morgan fingerprint density at radius 1 is 1.57 bits per heavy atom. The zero-order valence-electron chi connectivity index (χ0n) is 7.88. The van der Waals surface area contributed by atoms with Gasteiger partial charge in [-0.25, -0.2) is 0 Å². The van der Waals surface area contributed by atoms with Crippen LogP contribution in [0, 0.1) is 0 Å². The smallest absolute Gasteiger partial charge is 0.313 e. The molecule has 0 spiro atoms. The normalized spacial score (nSPS) is 24.7. The van der Waals surface area contributed by atoms with E-state index in [4.69, 9.17) is 16.7 Å². The lowest BCUT2D eigenvalue weighted by Crippen LogP contribution is -2.29.